The third kappa shape index (κ3) is 3.53. The molecule has 18 heavy (non-hydrogen) atoms. The van der Waals surface area contributed by atoms with E-state index < -0.39 is 0 Å². The first-order valence-electron chi connectivity index (χ1n) is 6.88. The summed E-state index contributed by atoms with van der Waals surface area (Å²) in [7, 11) is 1.91. The van der Waals surface area contributed by atoms with Crippen LogP contribution < -0.4 is 5.32 Å². The van der Waals surface area contributed by atoms with Crippen LogP contribution in [0.15, 0.2) is 6.20 Å². The van der Waals surface area contributed by atoms with Crippen LogP contribution in [0.3, 0.4) is 0 Å². The lowest BCUT2D eigenvalue weighted by Gasteiger charge is -2.36. The summed E-state index contributed by atoms with van der Waals surface area (Å²) in [6.07, 6.45) is 6.49. The molecule has 1 aromatic rings. The number of aromatic nitrogens is 3. The Morgan fingerprint density at radius 2 is 2.44 bits per heavy atom. The van der Waals surface area contributed by atoms with Gasteiger partial charge in [0.15, 0.2) is 0 Å². The molecule has 1 saturated heterocycles. The lowest BCUT2D eigenvalue weighted by molar-refractivity contribution is -0.00756. The number of rotatable bonds is 6. The Labute approximate surface area is 109 Å². The fourth-order valence-corrected chi connectivity index (χ4v) is 2.64. The molecule has 1 aliphatic rings. The van der Waals surface area contributed by atoms with Crippen molar-refractivity contribution in [3.8, 4) is 0 Å². The van der Waals surface area contributed by atoms with Gasteiger partial charge in [0.2, 0.25) is 0 Å². The highest BCUT2D eigenvalue weighted by Crippen LogP contribution is 2.31. The lowest BCUT2D eigenvalue weighted by atomic mass is 9.78. The fourth-order valence-electron chi connectivity index (χ4n) is 2.64. The van der Waals surface area contributed by atoms with Gasteiger partial charge in [0.05, 0.1) is 12.3 Å². The van der Waals surface area contributed by atoms with Gasteiger partial charge in [-0.3, -0.25) is 4.68 Å². The number of hydrogen-bond acceptors (Lipinski definition) is 4. The highest BCUT2D eigenvalue weighted by molar-refractivity contribution is 5.00. The molecule has 2 heterocycles. The van der Waals surface area contributed by atoms with Crippen molar-refractivity contribution in [3.05, 3.63) is 11.9 Å². The molecule has 1 unspecified atom stereocenters. The molecule has 1 fully saturated rings. The Morgan fingerprint density at radius 3 is 3.06 bits per heavy atom. The molecular formula is C13H24N4O. The molecule has 1 N–H and O–H groups in total. The van der Waals surface area contributed by atoms with E-state index in [4.69, 9.17) is 4.74 Å². The van der Waals surface area contributed by atoms with Crippen molar-refractivity contribution in [1.29, 1.82) is 0 Å². The summed E-state index contributed by atoms with van der Waals surface area (Å²) in [6.45, 7) is 6.01. The molecule has 1 aliphatic heterocycles. The molecular weight excluding hydrogens is 228 g/mol. The zero-order chi connectivity index (χ0) is 12.8. The second kappa shape index (κ2) is 6.29. The van der Waals surface area contributed by atoms with Gasteiger partial charge in [-0.1, -0.05) is 12.1 Å². The lowest BCUT2D eigenvalue weighted by Crippen LogP contribution is -2.43. The summed E-state index contributed by atoms with van der Waals surface area (Å²) in [5.41, 5.74) is 1.27. The van der Waals surface area contributed by atoms with Crippen LogP contribution in [0.5, 0.6) is 0 Å². The van der Waals surface area contributed by atoms with Gasteiger partial charge in [-0.15, -0.1) is 5.10 Å². The maximum Gasteiger partial charge on any atom is 0.0833 e. The van der Waals surface area contributed by atoms with E-state index in [1.165, 1.54) is 12.8 Å². The Hall–Kier alpha value is -0.940. The van der Waals surface area contributed by atoms with Gasteiger partial charge in [-0.25, -0.2) is 0 Å². The van der Waals surface area contributed by atoms with E-state index in [9.17, 15) is 0 Å². The average molecular weight is 252 g/mol. The smallest absolute Gasteiger partial charge is 0.0833 e. The molecule has 0 saturated carbocycles. The molecule has 0 aromatic carbocycles. The Bertz CT molecular complexity index is 358. The zero-order valence-corrected chi connectivity index (χ0v) is 11.5. The zero-order valence-electron chi connectivity index (χ0n) is 11.5. The summed E-state index contributed by atoms with van der Waals surface area (Å²) in [4.78, 5) is 0. The van der Waals surface area contributed by atoms with E-state index in [1.54, 1.807) is 4.68 Å². The van der Waals surface area contributed by atoms with Crippen LogP contribution in [-0.4, -0.2) is 41.3 Å². The van der Waals surface area contributed by atoms with Gasteiger partial charge in [0.25, 0.3) is 0 Å². The molecule has 0 bridgehead atoms. The number of nitrogens with zero attached hydrogens (tertiary/aromatic N) is 3. The topological polar surface area (TPSA) is 52.0 Å². The van der Waals surface area contributed by atoms with Crippen molar-refractivity contribution in [1.82, 2.24) is 20.3 Å². The number of aryl methyl sites for hydroxylation is 1. The fraction of sp³-hybridized carbons (Fsp3) is 0.846. The quantitative estimate of drug-likeness (QED) is 0.772. The van der Waals surface area contributed by atoms with Crippen LogP contribution in [0.4, 0.5) is 0 Å². The van der Waals surface area contributed by atoms with Crippen molar-refractivity contribution in [2.75, 3.05) is 26.3 Å². The minimum atomic E-state index is 0.198. The molecule has 1 atom stereocenters. The van der Waals surface area contributed by atoms with Gasteiger partial charge in [0.1, 0.15) is 0 Å². The predicted molar refractivity (Wildman–Crippen MR) is 70.4 cm³/mol. The van der Waals surface area contributed by atoms with Crippen LogP contribution in [0.1, 0.15) is 31.9 Å². The van der Waals surface area contributed by atoms with E-state index in [0.717, 1.165) is 44.8 Å². The standard InChI is InChI=1S/C13H24N4O/c1-3-6-14-10-13(5-4-7-18-11-13)8-12-9-17(2)16-15-12/h9,14H,3-8,10-11H2,1-2H3. The Balaban J connectivity index is 1.99. The van der Waals surface area contributed by atoms with Crippen molar-refractivity contribution >= 4 is 0 Å². The molecule has 1 aromatic heterocycles. The third-order valence-electron chi connectivity index (χ3n) is 3.54. The minimum Gasteiger partial charge on any atom is -0.381 e. The van der Waals surface area contributed by atoms with Crippen molar-refractivity contribution < 1.29 is 4.74 Å². The minimum absolute atomic E-state index is 0.198. The predicted octanol–water partition coefficient (Wildman–Crippen LogP) is 1.15. The highest BCUT2D eigenvalue weighted by atomic mass is 16.5. The number of hydrogen-bond donors (Lipinski definition) is 1. The molecule has 0 amide bonds. The van der Waals surface area contributed by atoms with E-state index in [0.29, 0.717) is 0 Å². The summed E-state index contributed by atoms with van der Waals surface area (Å²) < 4.78 is 7.47. The number of nitrogens with one attached hydrogen (secondary N) is 1. The van der Waals surface area contributed by atoms with Crippen LogP contribution in [0, 0.1) is 5.41 Å². The summed E-state index contributed by atoms with van der Waals surface area (Å²) >= 11 is 0. The molecule has 0 radical (unpaired) electrons. The first kappa shape index (κ1) is 13.5. The maximum absolute atomic E-state index is 5.70. The van der Waals surface area contributed by atoms with Gasteiger partial charge in [-0.05, 0) is 25.8 Å². The monoisotopic (exact) mass is 252 g/mol. The van der Waals surface area contributed by atoms with Crippen LogP contribution in [-0.2, 0) is 18.2 Å². The van der Waals surface area contributed by atoms with Gasteiger partial charge in [0, 0.05) is 38.2 Å². The first-order chi connectivity index (χ1) is 8.74. The van der Waals surface area contributed by atoms with E-state index in [1.807, 2.05) is 13.2 Å². The number of ether oxygens (including phenoxy) is 1. The SMILES string of the molecule is CCCNCC1(Cc2cn(C)nn2)CCCOC1. The van der Waals surface area contributed by atoms with Crippen LogP contribution >= 0.6 is 0 Å². The van der Waals surface area contributed by atoms with Gasteiger partial charge >= 0.3 is 0 Å². The highest BCUT2D eigenvalue weighted by Gasteiger charge is 2.33. The normalized spacial score (nSPS) is 24.3. The molecule has 102 valence electrons. The Kier molecular flexibility index (Phi) is 4.72. The molecule has 0 spiro atoms. The summed E-state index contributed by atoms with van der Waals surface area (Å²) in [6, 6.07) is 0. The van der Waals surface area contributed by atoms with Crippen molar-refractivity contribution in [2.24, 2.45) is 12.5 Å². The summed E-state index contributed by atoms with van der Waals surface area (Å²) in [5, 5.41) is 11.8. The van der Waals surface area contributed by atoms with Crippen LogP contribution in [0.2, 0.25) is 0 Å². The van der Waals surface area contributed by atoms with Gasteiger partial charge < -0.3 is 10.1 Å². The second-order valence-electron chi connectivity index (χ2n) is 5.39. The first-order valence-corrected chi connectivity index (χ1v) is 6.88. The third-order valence-corrected chi connectivity index (χ3v) is 3.54. The van der Waals surface area contributed by atoms with Gasteiger partial charge in [-0.2, -0.15) is 0 Å². The average Bonchev–Trinajstić information content (AvgIpc) is 2.76. The van der Waals surface area contributed by atoms with Crippen molar-refractivity contribution in [2.45, 2.75) is 32.6 Å². The molecule has 5 heteroatoms. The van der Waals surface area contributed by atoms with E-state index in [-0.39, 0.29) is 5.41 Å². The molecule has 2 rings (SSSR count). The molecule has 5 nitrogen and oxygen atoms in total. The Morgan fingerprint density at radius 1 is 1.56 bits per heavy atom. The maximum atomic E-state index is 5.70. The molecule has 0 aliphatic carbocycles. The largest absolute Gasteiger partial charge is 0.381 e. The van der Waals surface area contributed by atoms with E-state index >= 15 is 0 Å². The summed E-state index contributed by atoms with van der Waals surface area (Å²) in [5.74, 6) is 0. The van der Waals surface area contributed by atoms with E-state index in [2.05, 4.69) is 22.6 Å². The van der Waals surface area contributed by atoms with Crippen molar-refractivity contribution in [3.63, 3.8) is 0 Å². The van der Waals surface area contributed by atoms with Crippen LogP contribution in [0.25, 0.3) is 0 Å². The second-order valence-corrected chi connectivity index (χ2v) is 5.39.